The SMILES string of the molecule is Cc1cccc2c(=O)n(CCC(=O)N3CCCN(C)CC3)cnc12. The second kappa shape index (κ2) is 7.13. The molecule has 0 saturated carbocycles. The predicted molar refractivity (Wildman–Crippen MR) is 94.1 cm³/mol. The molecule has 1 aromatic carbocycles. The Morgan fingerprint density at radius 3 is 2.88 bits per heavy atom. The van der Waals surface area contributed by atoms with Gasteiger partial charge in [-0.25, -0.2) is 4.98 Å². The van der Waals surface area contributed by atoms with Gasteiger partial charge in [-0.3, -0.25) is 14.2 Å². The van der Waals surface area contributed by atoms with Gasteiger partial charge in [0.1, 0.15) is 0 Å². The monoisotopic (exact) mass is 328 g/mol. The molecule has 0 bridgehead atoms. The van der Waals surface area contributed by atoms with Crippen LogP contribution in [-0.2, 0) is 11.3 Å². The maximum absolute atomic E-state index is 12.6. The van der Waals surface area contributed by atoms with Gasteiger partial charge in [-0.2, -0.15) is 0 Å². The van der Waals surface area contributed by atoms with E-state index in [2.05, 4.69) is 16.9 Å². The number of carbonyl (C=O) groups excluding carboxylic acids is 1. The lowest BCUT2D eigenvalue weighted by atomic mass is 10.1. The molecule has 1 aliphatic rings. The minimum Gasteiger partial charge on any atom is -0.341 e. The Morgan fingerprint density at radius 1 is 1.21 bits per heavy atom. The number of carbonyl (C=O) groups is 1. The first-order chi connectivity index (χ1) is 11.6. The second-order valence-corrected chi connectivity index (χ2v) is 6.50. The van der Waals surface area contributed by atoms with E-state index in [1.807, 2.05) is 24.0 Å². The molecular weight excluding hydrogens is 304 g/mol. The van der Waals surface area contributed by atoms with E-state index in [4.69, 9.17) is 0 Å². The Labute approximate surface area is 141 Å². The van der Waals surface area contributed by atoms with Gasteiger partial charge in [0.25, 0.3) is 5.56 Å². The number of hydrogen-bond acceptors (Lipinski definition) is 4. The van der Waals surface area contributed by atoms with Crippen LogP contribution in [0.25, 0.3) is 10.9 Å². The standard InChI is InChI=1S/C18H24N4O2/c1-14-5-3-6-15-17(14)19-13-22(18(15)24)10-7-16(23)21-9-4-8-20(2)11-12-21/h3,5-6,13H,4,7-12H2,1-2H3. The van der Waals surface area contributed by atoms with Crippen LogP contribution in [0.3, 0.4) is 0 Å². The molecule has 1 saturated heterocycles. The molecule has 0 N–H and O–H groups in total. The van der Waals surface area contributed by atoms with E-state index >= 15 is 0 Å². The molecule has 1 aromatic heterocycles. The molecule has 6 heteroatoms. The van der Waals surface area contributed by atoms with Gasteiger partial charge in [0.05, 0.1) is 17.2 Å². The zero-order chi connectivity index (χ0) is 17.1. The molecule has 2 aromatic rings. The largest absolute Gasteiger partial charge is 0.341 e. The lowest BCUT2D eigenvalue weighted by molar-refractivity contribution is -0.131. The van der Waals surface area contributed by atoms with Crippen LogP contribution in [0.5, 0.6) is 0 Å². The predicted octanol–water partition coefficient (Wildman–Crippen LogP) is 1.26. The maximum Gasteiger partial charge on any atom is 0.261 e. The fourth-order valence-corrected chi connectivity index (χ4v) is 3.17. The van der Waals surface area contributed by atoms with Crippen molar-refractivity contribution in [1.29, 1.82) is 0 Å². The van der Waals surface area contributed by atoms with Crippen molar-refractivity contribution in [2.24, 2.45) is 0 Å². The number of fused-ring (bicyclic) bond motifs is 1. The number of benzene rings is 1. The van der Waals surface area contributed by atoms with Crippen molar-refractivity contribution in [2.75, 3.05) is 33.2 Å². The van der Waals surface area contributed by atoms with Gasteiger partial charge >= 0.3 is 0 Å². The summed E-state index contributed by atoms with van der Waals surface area (Å²) in [6.07, 6.45) is 2.89. The highest BCUT2D eigenvalue weighted by atomic mass is 16.2. The summed E-state index contributed by atoms with van der Waals surface area (Å²) in [6.45, 7) is 5.81. The molecule has 1 aliphatic heterocycles. The summed E-state index contributed by atoms with van der Waals surface area (Å²) in [5.74, 6) is 0.113. The van der Waals surface area contributed by atoms with E-state index in [9.17, 15) is 9.59 Å². The quantitative estimate of drug-likeness (QED) is 0.851. The minimum absolute atomic E-state index is 0.0768. The fourth-order valence-electron chi connectivity index (χ4n) is 3.17. The summed E-state index contributed by atoms with van der Waals surface area (Å²) >= 11 is 0. The minimum atomic E-state index is -0.0768. The van der Waals surface area contributed by atoms with Gasteiger partial charge in [-0.1, -0.05) is 12.1 Å². The maximum atomic E-state index is 12.6. The number of likely N-dealkylation sites (N-methyl/N-ethyl adjacent to an activating group) is 1. The van der Waals surface area contributed by atoms with Crippen molar-refractivity contribution in [3.8, 4) is 0 Å². The summed E-state index contributed by atoms with van der Waals surface area (Å²) < 4.78 is 1.55. The molecule has 6 nitrogen and oxygen atoms in total. The lowest BCUT2D eigenvalue weighted by Crippen LogP contribution is -2.35. The Kier molecular flexibility index (Phi) is 4.94. The summed E-state index contributed by atoms with van der Waals surface area (Å²) in [5, 5.41) is 0.612. The lowest BCUT2D eigenvalue weighted by Gasteiger charge is -2.20. The molecule has 0 unspecified atom stereocenters. The summed E-state index contributed by atoms with van der Waals surface area (Å²) in [4.78, 5) is 33.5. The van der Waals surface area contributed by atoms with Crippen LogP contribution in [-0.4, -0.2) is 58.5 Å². The van der Waals surface area contributed by atoms with E-state index in [0.717, 1.165) is 43.7 Å². The van der Waals surface area contributed by atoms with Gasteiger partial charge in [0.15, 0.2) is 0 Å². The summed E-state index contributed by atoms with van der Waals surface area (Å²) in [7, 11) is 2.08. The molecule has 0 aliphatic carbocycles. The van der Waals surface area contributed by atoms with Crippen molar-refractivity contribution in [3.63, 3.8) is 0 Å². The summed E-state index contributed by atoms with van der Waals surface area (Å²) in [6, 6.07) is 5.60. The van der Waals surface area contributed by atoms with Gasteiger partial charge in [-0.15, -0.1) is 0 Å². The van der Waals surface area contributed by atoms with Crippen molar-refractivity contribution in [1.82, 2.24) is 19.4 Å². The molecule has 0 spiro atoms. The van der Waals surface area contributed by atoms with Crippen molar-refractivity contribution in [2.45, 2.75) is 26.3 Å². The molecule has 1 amide bonds. The third kappa shape index (κ3) is 3.48. The molecular formula is C18H24N4O2. The molecule has 2 heterocycles. The number of aromatic nitrogens is 2. The highest BCUT2D eigenvalue weighted by Gasteiger charge is 2.17. The van der Waals surface area contributed by atoms with Crippen LogP contribution in [0.2, 0.25) is 0 Å². The Balaban J connectivity index is 1.70. The number of aryl methyl sites for hydroxylation is 2. The summed E-state index contributed by atoms with van der Waals surface area (Å²) in [5.41, 5.74) is 1.65. The Bertz CT molecular complexity index is 799. The molecule has 3 rings (SSSR count). The first kappa shape index (κ1) is 16.6. The van der Waals surface area contributed by atoms with E-state index in [0.29, 0.717) is 18.4 Å². The van der Waals surface area contributed by atoms with Gasteiger partial charge in [-0.05, 0) is 38.6 Å². The number of hydrogen-bond donors (Lipinski definition) is 0. The Hall–Kier alpha value is -2.21. The van der Waals surface area contributed by atoms with E-state index < -0.39 is 0 Å². The highest BCUT2D eigenvalue weighted by Crippen LogP contribution is 2.11. The third-order valence-corrected chi connectivity index (χ3v) is 4.69. The van der Waals surface area contributed by atoms with Crippen molar-refractivity contribution < 1.29 is 4.79 Å². The molecule has 128 valence electrons. The van der Waals surface area contributed by atoms with Crippen LogP contribution in [0.4, 0.5) is 0 Å². The first-order valence-corrected chi connectivity index (χ1v) is 8.47. The van der Waals surface area contributed by atoms with Gasteiger partial charge in [0, 0.05) is 32.6 Å². The zero-order valence-corrected chi connectivity index (χ0v) is 14.4. The first-order valence-electron chi connectivity index (χ1n) is 8.47. The van der Waals surface area contributed by atoms with E-state index in [1.54, 1.807) is 17.0 Å². The van der Waals surface area contributed by atoms with Crippen LogP contribution >= 0.6 is 0 Å². The molecule has 0 atom stereocenters. The van der Waals surface area contributed by atoms with E-state index in [1.165, 1.54) is 0 Å². The van der Waals surface area contributed by atoms with Crippen molar-refractivity contribution in [3.05, 3.63) is 40.4 Å². The van der Waals surface area contributed by atoms with Crippen LogP contribution in [0.15, 0.2) is 29.3 Å². The van der Waals surface area contributed by atoms with E-state index in [-0.39, 0.29) is 11.5 Å². The van der Waals surface area contributed by atoms with Crippen LogP contribution in [0, 0.1) is 6.92 Å². The van der Waals surface area contributed by atoms with Crippen molar-refractivity contribution >= 4 is 16.8 Å². The highest BCUT2D eigenvalue weighted by molar-refractivity contribution is 5.80. The third-order valence-electron chi connectivity index (χ3n) is 4.69. The zero-order valence-electron chi connectivity index (χ0n) is 14.4. The van der Waals surface area contributed by atoms with Crippen LogP contribution < -0.4 is 5.56 Å². The average molecular weight is 328 g/mol. The number of amides is 1. The number of nitrogens with zero attached hydrogens (tertiary/aromatic N) is 4. The number of rotatable bonds is 3. The number of para-hydroxylation sites is 1. The molecule has 24 heavy (non-hydrogen) atoms. The molecule has 0 radical (unpaired) electrons. The normalized spacial score (nSPS) is 16.3. The van der Waals surface area contributed by atoms with Gasteiger partial charge in [0.2, 0.25) is 5.91 Å². The smallest absolute Gasteiger partial charge is 0.261 e. The molecule has 1 fully saturated rings. The second-order valence-electron chi connectivity index (χ2n) is 6.50. The van der Waals surface area contributed by atoms with Gasteiger partial charge < -0.3 is 9.80 Å². The fraction of sp³-hybridized carbons (Fsp3) is 0.500. The topological polar surface area (TPSA) is 58.4 Å². The average Bonchev–Trinajstić information content (AvgIpc) is 2.79. The van der Waals surface area contributed by atoms with Crippen LogP contribution in [0.1, 0.15) is 18.4 Å². The Morgan fingerprint density at radius 2 is 2.04 bits per heavy atom.